The Kier molecular flexibility index (Phi) is 8.75. The summed E-state index contributed by atoms with van der Waals surface area (Å²) in [6.07, 6.45) is 8.87. The number of hydrogen-bond donors (Lipinski definition) is 1. The van der Waals surface area contributed by atoms with Gasteiger partial charge in [0.25, 0.3) is 0 Å². The number of halogens is 1. The van der Waals surface area contributed by atoms with Crippen LogP contribution in [-0.4, -0.2) is 54.5 Å². The molecule has 2 saturated heterocycles. The molecular formula is C28H34ClN7O2. The molecule has 0 spiro atoms. The first-order valence-corrected chi connectivity index (χ1v) is 13.7. The van der Waals surface area contributed by atoms with Crippen LogP contribution < -0.4 is 24.7 Å². The summed E-state index contributed by atoms with van der Waals surface area (Å²) in [4.78, 5) is 18.7. The number of piperidine rings is 2. The molecule has 9 nitrogen and oxygen atoms in total. The van der Waals surface area contributed by atoms with E-state index in [1.54, 1.807) is 13.3 Å². The fraction of sp³-hybridized carbons (Fsp3) is 0.429. The Bertz CT molecular complexity index is 1190. The van der Waals surface area contributed by atoms with Crippen molar-refractivity contribution in [3.63, 3.8) is 0 Å². The van der Waals surface area contributed by atoms with Crippen LogP contribution in [-0.2, 0) is 6.61 Å². The molecule has 3 aromatic rings. The second kappa shape index (κ2) is 12.8. The third kappa shape index (κ3) is 6.83. The van der Waals surface area contributed by atoms with Crippen molar-refractivity contribution in [1.82, 2.24) is 15.0 Å². The predicted molar refractivity (Wildman–Crippen MR) is 152 cm³/mol. The summed E-state index contributed by atoms with van der Waals surface area (Å²) in [6, 6.07) is 13.3. The van der Waals surface area contributed by atoms with Crippen molar-refractivity contribution in [2.24, 2.45) is 5.10 Å². The van der Waals surface area contributed by atoms with E-state index < -0.39 is 0 Å². The highest BCUT2D eigenvalue weighted by Gasteiger charge is 2.20. The van der Waals surface area contributed by atoms with E-state index in [1.807, 2.05) is 42.5 Å². The molecule has 10 heteroatoms. The van der Waals surface area contributed by atoms with Gasteiger partial charge < -0.3 is 19.3 Å². The largest absolute Gasteiger partial charge is 0.493 e. The summed E-state index contributed by atoms with van der Waals surface area (Å²) in [5.74, 6) is 3.18. The molecule has 1 N–H and O–H groups in total. The van der Waals surface area contributed by atoms with E-state index in [0.29, 0.717) is 29.1 Å². The molecule has 0 saturated carbocycles. The zero-order valence-corrected chi connectivity index (χ0v) is 22.5. The van der Waals surface area contributed by atoms with E-state index in [4.69, 9.17) is 26.1 Å². The number of benzene rings is 2. The first-order valence-electron chi connectivity index (χ1n) is 13.3. The second-order valence-corrected chi connectivity index (χ2v) is 9.99. The highest BCUT2D eigenvalue weighted by Crippen LogP contribution is 2.29. The van der Waals surface area contributed by atoms with E-state index in [9.17, 15) is 0 Å². The van der Waals surface area contributed by atoms with Gasteiger partial charge in [0.1, 0.15) is 6.61 Å². The van der Waals surface area contributed by atoms with Gasteiger partial charge in [0.15, 0.2) is 11.5 Å². The zero-order valence-electron chi connectivity index (χ0n) is 21.8. The van der Waals surface area contributed by atoms with Crippen molar-refractivity contribution in [3.05, 3.63) is 58.6 Å². The standard InChI is InChI=1S/C28H34ClN7O2/c1-37-25-18-22(10-13-24(25)38-20-21-8-11-23(29)12-9-21)19-30-34-26-31-27(35-14-4-2-5-15-35)33-28(32-26)36-16-6-3-7-17-36/h8-13,18-19H,2-7,14-17,20H2,1H3,(H,31,32,33,34). The summed E-state index contributed by atoms with van der Waals surface area (Å²) in [6.45, 7) is 4.30. The molecule has 0 radical (unpaired) electrons. The van der Waals surface area contributed by atoms with Gasteiger partial charge in [-0.1, -0.05) is 23.7 Å². The van der Waals surface area contributed by atoms with Gasteiger partial charge in [0.05, 0.1) is 13.3 Å². The van der Waals surface area contributed by atoms with Gasteiger partial charge in [-0.3, -0.25) is 0 Å². The molecule has 0 unspecified atom stereocenters. The number of methoxy groups -OCH3 is 1. The molecular weight excluding hydrogens is 502 g/mol. The lowest BCUT2D eigenvalue weighted by Gasteiger charge is -2.30. The van der Waals surface area contributed by atoms with Gasteiger partial charge in [0, 0.05) is 31.2 Å². The van der Waals surface area contributed by atoms with E-state index >= 15 is 0 Å². The van der Waals surface area contributed by atoms with Gasteiger partial charge in [-0.25, -0.2) is 5.43 Å². The number of aromatic nitrogens is 3. The van der Waals surface area contributed by atoms with Gasteiger partial charge in [0.2, 0.25) is 17.8 Å². The molecule has 2 aliphatic rings. The third-order valence-corrected chi connectivity index (χ3v) is 7.02. The number of anilines is 3. The second-order valence-electron chi connectivity index (χ2n) is 9.55. The highest BCUT2D eigenvalue weighted by molar-refractivity contribution is 6.30. The first kappa shape index (κ1) is 26.0. The minimum atomic E-state index is 0.417. The number of nitrogens with zero attached hydrogens (tertiary/aromatic N) is 6. The molecule has 0 amide bonds. The van der Waals surface area contributed by atoms with Crippen LogP contribution in [0.4, 0.5) is 17.8 Å². The van der Waals surface area contributed by atoms with Crippen molar-refractivity contribution < 1.29 is 9.47 Å². The summed E-state index contributed by atoms with van der Waals surface area (Å²) in [5, 5.41) is 5.12. The average molecular weight is 536 g/mol. The Morgan fingerprint density at radius 1 is 0.842 bits per heavy atom. The van der Waals surface area contributed by atoms with Crippen molar-refractivity contribution >= 4 is 35.7 Å². The number of ether oxygens (including phenoxy) is 2. The van der Waals surface area contributed by atoms with Crippen molar-refractivity contribution in [2.45, 2.75) is 45.1 Å². The van der Waals surface area contributed by atoms with Crippen LogP contribution in [0.2, 0.25) is 5.02 Å². The molecule has 3 heterocycles. The Hall–Kier alpha value is -3.59. The lowest BCUT2D eigenvalue weighted by atomic mass is 10.1. The van der Waals surface area contributed by atoms with E-state index in [0.717, 1.165) is 74.9 Å². The minimum absolute atomic E-state index is 0.417. The lowest BCUT2D eigenvalue weighted by molar-refractivity contribution is 0.284. The molecule has 1 aromatic heterocycles. The quantitative estimate of drug-likeness (QED) is 0.282. The molecule has 0 aliphatic carbocycles. The number of hydrogen-bond acceptors (Lipinski definition) is 9. The summed E-state index contributed by atoms with van der Waals surface area (Å²) in [7, 11) is 1.62. The van der Waals surface area contributed by atoms with Crippen LogP contribution in [0.5, 0.6) is 11.5 Å². The van der Waals surface area contributed by atoms with Gasteiger partial charge in [-0.05, 0) is 80.0 Å². The van der Waals surface area contributed by atoms with Gasteiger partial charge in [-0.2, -0.15) is 20.1 Å². The van der Waals surface area contributed by atoms with Crippen LogP contribution in [0.1, 0.15) is 49.7 Å². The van der Waals surface area contributed by atoms with Crippen LogP contribution in [0.3, 0.4) is 0 Å². The topological polar surface area (TPSA) is 88.0 Å². The molecule has 200 valence electrons. The van der Waals surface area contributed by atoms with E-state index in [1.165, 1.54) is 12.8 Å². The normalized spacial score (nSPS) is 16.1. The highest BCUT2D eigenvalue weighted by atomic mass is 35.5. The van der Waals surface area contributed by atoms with Crippen molar-refractivity contribution in [1.29, 1.82) is 0 Å². The van der Waals surface area contributed by atoms with Crippen LogP contribution in [0.25, 0.3) is 0 Å². The van der Waals surface area contributed by atoms with Gasteiger partial charge in [-0.15, -0.1) is 0 Å². The maximum Gasteiger partial charge on any atom is 0.250 e. The average Bonchev–Trinajstić information content (AvgIpc) is 2.98. The smallest absolute Gasteiger partial charge is 0.250 e. The molecule has 5 rings (SSSR count). The molecule has 2 fully saturated rings. The predicted octanol–water partition coefficient (Wildman–Crippen LogP) is 5.54. The Morgan fingerprint density at radius 2 is 1.47 bits per heavy atom. The molecule has 38 heavy (non-hydrogen) atoms. The van der Waals surface area contributed by atoms with Crippen LogP contribution in [0.15, 0.2) is 47.6 Å². The fourth-order valence-corrected chi connectivity index (χ4v) is 4.79. The maximum absolute atomic E-state index is 5.97. The molecule has 0 bridgehead atoms. The Balaban J connectivity index is 1.28. The lowest BCUT2D eigenvalue weighted by Crippen LogP contribution is -2.34. The summed E-state index contributed by atoms with van der Waals surface area (Å²) < 4.78 is 11.5. The van der Waals surface area contributed by atoms with Gasteiger partial charge >= 0.3 is 0 Å². The molecule has 2 aliphatic heterocycles. The Morgan fingerprint density at radius 3 is 2.08 bits per heavy atom. The van der Waals surface area contributed by atoms with Crippen molar-refractivity contribution in [3.8, 4) is 11.5 Å². The first-order chi connectivity index (χ1) is 18.7. The molecule has 0 atom stereocenters. The summed E-state index contributed by atoms with van der Waals surface area (Å²) >= 11 is 5.97. The number of rotatable bonds is 9. The third-order valence-electron chi connectivity index (χ3n) is 6.76. The molecule has 2 aromatic carbocycles. The van der Waals surface area contributed by atoms with Crippen LogP contribution >= 0.6 is 11.6 Å². The SMILES string of the molecule is COc1cc(C=NNc2nc(N3CCCCC3)nc(N3CCCCC3)n2)ccc1OCc1ccc(Cl)cc1. The zero-order chi connectivity index (χ0) is 26.2. The monoisotopic (exact) mass is 535 g/mol. The number of nitrogens with one attached hydrogen (secondary N) is 1. The fourth-order valence-electron chi connectivity index (χ4n) is 4.66. The van der Waals surface area contributed by atoms with Crippen molar-refractivity contribution in [2.75, 3.05) is 48.5 Å². The van der Waals surface area contributed by atoms with E-state index in [-0.39, 0.29) is 0 Å². The minimum Gasteiger partial charge on any atom is -0.493 e. The number of hydrazone groups is 1. The summed E-state index contributed by atoms with van der Waals surface area (Å²) in [5.41, 5.74) is 4.91. The maximum atomic E-state index is 5.97. The Labute approximate surface area is 228 Å². The van der Waals surface area contributed by atoms with E-state index in [2.05, 4.69) is 30.3 Å². The van der Waals surface area contributed by atoms with Crippen LogP contribution in [0, 0.1) is 0 Å².